The fourth-order valence-electron chi connectivity index (χ4n) is 3.71. The quantitative estimate of drug-likeness (QED) is 0.780. The molecule has 3 rings (SSSR count). The zero-order valence-corrected chi connectivity index (χ0v) is 16.5. The fourth-order valence-corrected chi connectivity index (χ4v) is 3.71. The van der Waals surface area contributed by atoms with E-state index in [0.29, 0.717) is 17.8 Å². The van der Waals surface area contributed by atoms with E-state index in [1.165, 1.54) is 7.11 Å². The lowest BCUT2D eigenvalue weighted by Crippen LogP contribution is -2.51. The minimum atomic E-state index is -0.519. The maximum Gasteiger partial charge on any atom is 0.338 e. The zero-order chi connectivity index (χ0) is 19.6. The number of hydrogen-bond acceptors (Lipinski definition) is 5. The number of ether oxygens (including phenoxy) is 1. The largest absolute Gasteiger partial charge is 0.466 e. The van der Waals surface area contributed by atoms with E-state index in [1.807, 2.05) is 26.0 Å². The summed E-state index contributed by atoms with van der Waals surface area (Å²) in [5.41, 5.74) is 4.18. The molecule has 146 valence electrons. The van der Waals surface area contributed by atoms with E-state index in [-0.39, 0.29) is 6.03 Å². The van der Waals surface area contributed by atoms with Gasteiger partial charge in [0.05, 0.1) is 18.7 Å². The van der Waals surface area contributed by atoms with Crippen LogP contribution in [0.15, 0.2) is 29.5 Å². The van der Waals surface area contributed by atoms with Crippen molar-refractivity contribution in [3.63, 3.8) is 0 Å². The third-order valence-corrected chi connectivity index (χ3v) is 5.27. The van der Waals surface area contributed by atoms with Crippen LogP contribution in [0.1, 0.15) is 22.7 Å². The fraction of sp³-hybridized carbons (Fsp3) is 0.500. The Hall–Kier alpha value is -2.38. The lowest BCUT2D eigenvalue weighted by atomic mass is 9.91. The average molecular weight is 372 g/mol. The third kappa shape index (κ3) is 4.31. The molecule has 1 aromatic rings. The van der Waals surface area contributed by atoms with Crippen LogP contribution in [-0.4, -0.2) is 68.7 Å². The Morgan fingerprint density at radius 2 is 1.93 bits per heavy atom. The molecule has 2 N–H and O–H groups in total. The van der Waals surface area contributed by atoms with Crippen LogP contribution in [0.5, 0.6) is 0 Å². The van der Waals surface area contributed by atoms with Gasteiger partial charge >= 0.3 is 12.0 Å². The molecule has 2 aliphatic heterocycles. The van der Waals surface area contributed by atoms with Crippen molar-refractivity contribution in [3.8, 4) is 0 Å². The van der Waals surface area contributed by atoms with E-state index < -0.39 is 12.0 Å². The topological polar surface area (TPSA) is 73.9 Å². The number of nitrogens with zero attached hydrogens (tertiary/aromatic N) is 2. The normalized spacial score (nSPS) is 21.6. The van der Waals surface area contributed by atoms with Crippen molar-refractivity contribution in [3.05, 3.63) is 46.2 Å². The number of urea groups is 1. The molecular formula is C20H28N4O3. The minimum absolute atomic E-state index is 0.295. The molecule has 27 heavy (non-hydrogen) atoms. The number of hydrogen-bond donors (Lipinski definition) is 2. The molecule has 1 atom stereocenters. The Balaban J connectivity index is 1.98. The first kappa shape index (κ1) is 19.4. The first-order valence-corrected chi connectivity index (χ1v) is 9.26. The van der Waals surface area contributed by atoms with Gasteiger partial charge in [0.1, 0.15) is 0 Å². The highest BCUT2D eigenvalue weighted by Crippen LogP contribution is 2.30. The van der Waals surface area contributed by atoms with E-state index in [2.05, 4.69) is 33.5 Å². The van der Waals surface area contributed by atoms with Gasteiger partial charge in [0, 0.05) is 38.4 Å². The number of carbonyl (C=O) groups excluding carboxylic acids is 2. The van der Waals surface area contributed by atoms with Crippen molar-refractivity contribution >= 4 is 12.0 Å². The first-order valence-electron chi connectivity index (χ1n) is 9.26. The third-order valence-electron chi connectivity index (χ3n) is 5.27. The summed E-state index contributed by atoms with van der Waals surface area (Å²) >= 11 is 0. The number of nitrogens with one attached hydrogen (secondary N) is 2. The molecule has 0 aliphatic carbocycles. The molecule has 0 unspecified atom stereocenters. The van der Waals surface area contributed by atoms with Crippen molar-refractivity contribution in [1.29, 1.82) is 0 Å². The second-order valence-corrected chi connectivity index (χ2v) is 7.35. The molecule has 0 saturated carbocycles. The number of esters is 1. The lowest BCUT2D eigenvalue weighted by molar-refractivity contribution is -0.136. The first-order chi connectivity index (χ1) is 12.9. The molecule has 2 amide bonds. The van der Waals surface area contributed by atoms with Gasteiger partial charge < -0.3 is 20.3 Å². The van der Waals surface area contributed by atoms with Crippen LogP contribution >= 0.6 is 0 Å². The Morgan fingerprint density at radius 3 is 2.56 bits per heavy atom. The highest BCUT2D eigenvalue weighted by Gasteiger charge is 2.35. The van der Waals surface area contributed by atoms with E-state index in [1.54, 1.807) is 0 Å². The van der Waals surface area contributed by atoms with Gasteiger partial charge in [-0.25, -0.2) is 9.59 Å². The molecular weight excluding hydrogens is 344 g/mol. The number of aryl methyl sites for hydroxylation is 2. The number of carbonyl (C=O) groups is 2. The van der Waals surface area contributed by atoms with Crippen LogP contribution in [-0.2, 0) is 9.53 Å². The Bertz CT molecular complexity index is 766. The zero-order valence-electron chi connectivity index (χ0n) is 16.5. The summed E-state index contributed by atoms with van der Waals surface area (Å²) in [5, 5.41) is 5.74. The summed E-state index contributed by atoms with van der Waals surface area (Å²) in [6.07, 6.45) is 0. The Kier molecular flexibility index (Phi) is 5.82. The van der Waals surface area contributed by atoms with Crippen LogP contribution in [0.4, 0.5) is 4.79 Å². The van der Waals surface area contributed by atoms with Gasteiger partial charge in [0.2, 0.25) is 0 Å². The number of amides is 2. The molecule has 0 spiro atoms. The predicted octanol–water partition coefficient (Wildman–Crippen LogP) is 1.33. The van der Waals surface area contributed by atoms with Gasteiger partial charge in [-0.1, -0.05) is 23.8 Å². The molecule has 1 fully saturated rings. The van der Waals surface area contributed by atoms with E-state index in [4.69, 9.17) is 4.74 Å². The Labute approximate surface area is 160 Å². The summed E-state index contributed by atoms with van der Waals surface area (Å²) in [7, 11) is 3.47. The van der Waals surface area contributed by atoms with Gasteiger partial charge in [-0.3, -0.25) is 4.90 Å². The summed E-state index contributed by atoms with van der Waals surface area (Å²) in [6.45, 7) is 8.26. The maximum absolute atomic E-state index is 12.6. The number of methoxy groups -OCH3 is 1. The van der Waals surface area contributed by atoms with Crippen LogP contribution in [0.3, 0.4) is 0 Å². The standard InChI is InChI=1S/C20H28N4O3/c1-13-5-6-15(14(2)11-13)18-17(19(25)27-4)16(21-20(26)22-18)12-24-9-7-23(3)8-10-24/h5-6,11,18H,7-10,12H2,1-4H3,(H2,21,22,26)/t18-/m1/s1. The predicted molar refractivity (Wildman–Crippen MR) is 103 cm³/mol. The molecule has 0 bridgehead atoms. The summed E-state index contributed by atoms with van der Waals surface area (Å²) < 4.78 is 5.06. The van der Waals surface area contributed by atoms with Crippen molar-refractivity contribution in [2.75, 3.05) is 46.9 Å². The van der Waals surface area contributed by atoms with E-state index >= 15 is 0 Å². The van der Waals surface area contributed by atoms with Crippen LogP contribution in [0.2, 0.25) is 0 Å². The summed E-state index contributed by atoms with van der Waals surface area (Å²) in [4.78, 5) is 29.5. The second-order valence-electron chi connectivity index (χ2n) is 7.35. The molecule has 7 heteroatoms. The van der Waals surface area contributed by atoms with Crippen LogP contribution in [0.25, 0.3) is 0 Å². The second kappa shape index (κ2) is 8.10. The van der Waals surface area contributed by atoms with Crippen molar-refractivity contribution < 1.29 is 14.3 Å². The maximum atomic E-state index is 12.6. The molecule has 1 saturated heterocycles. The van der Waals surface area contributed by atoms with Gasteiger partial charge in [0.15, 0.2) is 0 Å². The Morgan fingerprint density at radius 1 is 1.22 bits per heavy atom. The van der Waals surface area contributed by atoms with E-state index in [0.717, 1.165) is 42.9 Å². The monoisotopic (exact) mass is 372 g/mol. The van der Waals surface area contributed by atoms with Crippen LogP contribution < -0.4 is 10.6 Å². The van der Waals surface area contributed by atoms with Gasteiger partial charge in [0.25, 0.3) is 0 Å². The van der Waals surface area contributed by atoms with Gasteiger partial charge in [-0.15, -0.1) is 0 Å². The highest BCUT2D eigenvalue weighted by atomic mass is 16.5. The summed E-state index contributed by atoms with van der Waals surface area (Å²) in [5.74, 6) is -0.420. The molecule has 7 nitrogen and oxygen atoms in total. The number of likely N-dealkylation sites (N-methyl/N-ethyl adjacent to an activating group) is 1. The van der Waals surface area contributed by atoms with E-state index in [9.17, 15) is 9.59 Å². The SMILES string of the molecule is COC(=O)C1=C(CN2CCN(C)CC2)NC(=O)N[C@@H]1c1ccc(C)cc1C. The number of piperazine rings is 1. The number of benzene rings is 1. The molecule has 2 heterocycles. The van der Waals surface area contributed by atoms with Gasteiger partial charge in [-0.05, 0) is 32.0 Å². The molecule has 1 aromatic carbocycles. The minimum Gasteiger partial charge on any atom is -0.466 e. The molecule has 0 radical (unpaired) electrons. The molecule has 2 aliphatic rings. The smallest absolute Gasteiger partial charge is 0.338 e. The lowest BCUT2D eigenvalue weighted by Gasteiger charge is -2.36. The number of rotatable bonds is 4. The van der Waals surface area contributed by atoms with Gasteiger partial charge in [-0.2, -0.15) is 0 Å². The summed E-state index contributed by atoms with van der Waals surface area (Å²) in [6, 6.07) is 5.20. The van der Waals surface area contributed by atoms with Crippen molar-refractivity contribution in [1.82, 2.24) is 20.4 Å². The highest BCUT2D eigenvalue weighted by molar-refractivity contribution is 5.95. The average Bonchev–Trinajstić information content (AvgIpc) is 2.62. The van der Waals surface area contributed by atoms with Crippen molar-refractivity contribution in [2.24, 2.45) is 0 Å². The van der Waals surface area contributed by atoms with Crippen molar-refractivity contribution in [2.45, 2.75) is 19.9 Å². The molecule has 0 aromatic heterocycles. The van der Waals surface area contributed by atoms with Crippen LogP contribution in [0, 0.1) is 13.8 Å².